The highest BCUT2D eigenvalue weighted by atomic mass is 32.2. The van der Waals surface area contributed by atoms with Crippen molar-refractivity contribution >= 4 is 23.5 Å². The van der Waals surface area contributed by atoms with Gasteiger partial charge >= 0.3 is 0 Å². The summed E-state index contributed by atoms with van der Waals surface area (Å²) < 4.78 is 0.526. The summed E-state index contributed by atoms with van der Waals surface area (Å²) in [7, 11) is 0. The van der Waals surface area contributed by atoms with E-state index in [1.54, 1.807) is 0 Å². The Morgan fingerprint density at radius 1 is 1.31 bits per heavy atom. The van der Waals surface area contributed by atoms with E-state index in [0.29, 0.717) is 16.4 Å². The maximum Gasteiger partial charge on any atom is 0.0755 e. The molecule has 2 rings (SSSR count). The lowest BCUT2D eigenvalue weighted by Crippen LogP contribution is -2.05. The average Bonchev–Trinajstić information content (AvgIpc) is 2.67. The van der Waals surface area contributed by atoms with Crippen LogP contribution in [0, 0.1) is 0 Å². The second kappa shape index (κ2) is 4.40. The summed E-state index contributed by atoms with van der Waals surface area (Å²) in [6.07, 6.45) is 0. The summed E-state index contributed by atoms with van der Waals surface area (Å²) in [4.78, 5) is 0. The number of thioether (sulfide) groups is 2. The Hall–Kier alpha value is -0.120. The van der Waals surface area contributed by atoms with Gasteiger partial charge in [-0.2, -0.15) is 0 Å². The van der Waals surface area contributed by atoms with E-state index in [4.69, 9.17) is 5.11 Å². The van der Waals surface area contributed by atoms with E-state index in [1.165, 1.54) is 5.56 Å². The Balaban J connectivity index is 2.04. The zero-order valence-corrected chi connectivity index (χ0v) is 8.85. The zero-order valence-electron chi connectivity index (χ0n) is 7.22. The molecule has 3 heteroatoms. The van der Waals surface area contributed by atoms with Crippen LogP contribution in [0.4, 0.5) is 0 Å². The first kappa shape index (κ1) is 9.44. The number of rotatable bonds is 2. The quantitative estimate of drug-likeness (QED) is 0.813. The molecule has 1 N–H and O–H groups in total. The summed E-state index contributed by atoms with van der Waals surface area (Å²) in [5, 5.41) is 9.42. The molecule has 1 fully saturated rings. The van der Waals surface area contributed by atoms with Crippen molar-refractivity contribution in [1.82, 2.24) is 0 Å². The fourth-order valence-electron chi connectivity index (χ4n) is 1.33. The van der Waals surface area contributed by atoms with Crippen LogP contribution >= 0.6 is 23.5 Å². The van der Waals surface area contributed by atoms with Gasteiger partial charge in [0.25, 0.3) is 0 Å². The van der Waals surface area contributed by atoms with Gasteiger partial charge in [-0.3, -0.25) is 0 Å². The van der Waals surface area contributed by atoms with Crippen molar-refractivity contribution in [3.8, 4) is 0 Å². The molecule has 2 unspecified atom stereocenters. The maximum absolute atomic E-state index is 9.00. The largest absolute Gasteiger partial charge is 0.395 e. The van der Waals surface area contributed by atoms with Gasteiger partial charge in [-0.1, -0.05) is 30.3 Å². The Morgan fingerprint density at radius 2 is 2.08 bits per heavy atom. The molecule has 0 saturated carbocycles. The van der Waals surface area contributed by atoms with E-state index in [0.717, 1.165) is 5.75 Å². The van der Waals surface area contributed by atoms with Crippen LogP contribution in [0.2, 0.25) is 0 Å². The van der Waals surface area contributed by atoms with Crippen LogP contribution < -0.4 is 0 Å². The Labute approximate surface area is 86.9 Å². The van der Waals surface area contributed by atoms with Crippen molar-refractivity contribution in [3.63, 3.8) is 0 Å². The summed E-state index contributed by atoms with van der Waals surface area (Å²) in [5.41, 5.74) is 1.37. The summed E-state index contributed by atoms with van der Waals surface area (Å²) >= 11 is 3.81. The standard InChI is InChI=1S/C10H12OS2/c11-6-9-7-12-10(13-9)8-4-2-1-3-5-8/h1-5,9-11H,6-7H2. The van der Waals surface area contributed by atoms with Gasteiger partial charge in [0.05, 0.1) is 11.2 Å². The second-order valence-electron chi connectivity index (χ2n) is 3.02. The highest BCUT2D eigenvalue weighted by Crippen LogP contribution is 2.48. The van der Waals surface area contributed by atoms with Crippen LogP contribution in [0.15, 0.2) is 30.3 Å². The molecular weight excluding hydrogens is 200 g/mol. The number of hydrogen-bond acceptors (Lipinski definition) is 3. The maximum atomic E-state index is 9.00. The first-order valence-electron chi connectivity index (χ1n) is 4.33. The summed E-state index contributed by atoms with van der Waals surface area (Å²) in [5.74, 6) is 1.07. The molecule has 0 aliphatic carbocycles. The van der Waals surface area contributed by atoms with Crippen molar-refractivity contribution in [1.29, 1.82) is 0 Å². The van der Waals surface area contributed by atoms with Crippen molar-refractivity contribution in [2.45, 2.75) is 9.83 Å². The molecule has 0 radical (unpaired) electrons. The molecule has 70 valence electrons. The fourth-order valence-corrected chi connectivity index (χ4v) is 4.49. The lowest BCUT2D eigenvalue weighted by Gasteiger charge is -2.08. The molecule has 2 atom stereocenters. The van der Waals surface area contributed by atoms with Gasteiger partial charge in [0.1, 0.15) is 0 Å². The van der Waals surface area contributed by atoms with Gasteiger partial charge < -0.3 is 5.11 Å². The molecule has 1 saturated heterocycles. The van der Waals surface area contributed by atoms with Crippen molar-refractivity contribution in [2.75, 3.05) is 12.4 Å². The lowest BCUT2D eigenvalue weighted by atomic mass is 10.2. The highest BCUT2D eigenvalue weighted by molar-refractivity contribution is 8.19. The lowest BCUT2D eigenvalue weighted by molar-refractivity contribution is 0.301. The molecule has 1 nitrogen and oxygen atoms in total. The minimum absolute atomic E-state index is 0.307. The zero-order chi connectivity index (χ0) is 9.10. The predicted molar refractivity (Wildman–Crippen MR) is 60.1 cm³/mol. The molecule has 0 amide bonds. The molecule has 1 aliphatic heterocycles. The van der Waals surface area contributed by atoms with Crippen molar-refractivity contribution < 1.29 is 5.11 Å². The molecule has 0 aromatic heterocycles. The molecule has 1 aliphatic rings. The molecule has 0 spiro atoms. The molecule has 1 aromatic carbocycles. The van der Waals surface area contributed by atoms with E-state index < -0.39 is 0 Å². The van der Waals surface area contributed by atoms with E-state index in [9.17, 15) is 0 Å². The molecule has 1 aromatic rings. The third-order valence-electron chi connectivity index (χ3n) is 2.02. The molecular formula is C10H12OS2. The number of hydrogen-bond donors (Lipinski definition) is 1. The minimum Gasteiger partial charge on any atom is -0.395 e. The summed E-state index contributed by atoms with van der Waals surface area (Å²) in [6, 6.07) is 10.5. The Kier molecular flexibility index (Phi) is 3.19. The number of benzene rings is 1. The minimum atomic E-state index is 0.307. The molecule has 1 heterocycles. The van der Waals surface area contributed by atoms with Crippen LogP contribution in [-0.4, -0.2) is 22.7 Å². The van der Waals surface area contributed by atoms with Gasteiger partial charge in [0.2, 0.25) is 0 Å². The highest BCUT2D eigenvalue weighted by Gasteiger charge is 2.26. The van der Waals surface area contributed by atoms with E-state index in [2.05, 4.69) is 24.3 Å². The topological polar surface area (TPSA) is 20.2 Å². The number of aliphatic hydroxyl groups is 1. The van der Waals surface area contributed by atoms with E-state index in [1.807, 2.05) is 29.6 Å². The SMILES string of the molecule is OCC1CSC(c2ccccc2)S1. The van der Waals surface area contributed by atoms with Crippen LogP contribution in [0.5, 0.6) is 0 Å². The average molecular weight is 212 g/mol. The Bertz CT molecular complexity index is 263. The van der Waals surface area contributed by atoms with Crippen LogP contribution in [0.1, 0.15) is 10.1 Å². The van der Waals surface area contributed by atoms with Crippen molar-refractivity contribution in [2.24, 2.45) is 0 Å². The first-order valence-corrected chi connectivity index (χ1v) is 6.32. The molecule has 0 bridgehead atoms. The van der Waals surface area contributed by atoms with Gasteiger partial charge in [-0.15, -0.1) is 23.5 Å². The molecule has 13 heavy (non-hydrogen) atoms. The first-order chi connectivity index (χ1) is 6.40. The fraction of sp³-hybridized carbons (Fsp3) is 0.400. The van der Waals surface area contributed by atoms with E-state index >= 15 is 0 Å². The third-order valence-corrected chi connectivity index (χ3v) is 5.37. The number of aliphatic hydroxyl groups excluding tert-OH is 1. The Morgan fingerprint density at radius 3 is 2.69 bits per heavy atom. The smallest absolute Gasteiger partial charge is 0.0755 e. The monoisotopic (exact) mass is 212 g/mol. The second-order valence-corrected chi connectivity index (χ2v) is 5.86. The van der Waals surface area contributed by atoms with E-state index in [-0.39, 0.29) is 0 Å². The normalized spacial score (nSPS) is 27.8. The van der Waals surface area contributed by atoms with Crippen molar-refractivity contribution in [3.05, 3.63) is 35.9 Å². The van der Waals surface area contributed by atoms with Crippen LogP contribution in [0.3, 0.4) is 0 Å². The predicted octanol–water partition coefficient (Wildman–Crippen LogP) is 2.53. The van der Waals surface area contributed by atoms with Crippen LogP contribution in [0.25, 0.3) is 0 Å². The van der Waals surface area contributed by atoms with Gasteiger partial charge in [0.15, 0.2) is 0 Å². The third kappa shape index (κ3) is 2.22. The van der Waals surface area contributed by atoms with Gasteiger partial charge in [-0.25, -0.2) is 0 Å². The summed E-state index contributed by atoms with van der Waals surface area (Å²) in [6.45, 7) is 0.307. The van der Waals surface area contributed by atoms with Gasteiger partial charge in [0, 0.05) is 11.0 Å². The van der Waals surface area contributed by atoms with Gasteiger partial charge in [-0.05, 0) is 5.56 Å². The van der Waals surface area contributed by atoms with Crippen LogP contribution in [-0.2, 0) is 0 Å².